The molecule has 1 aromatic heterocycles. The number of nitrogens with two attached hydrogens (primary N) is 1. The van der Waals surface area contributed by atoms with Gasteiger partial charge in [-0.3, -0.25) is 9.78 Å². The Morgan fingerprint density at radius 1 is 1.60 bits per heavy atom. The molecule has 1 heterocycles. The minimum Gasteiger partial charge on any atom is -0.481 e. The van der Waals surface area contributed by atoms with Gasteiger partial charge in [-0.2, -0.15) is 0 Å². The van der Waals surface area contributed by atoms with Crippen LogP contribution >= 0.6 is 11.3 Å². The predicted molar refractivity (Wildman–Crippen MR) is 59.8 cm³/mol. The fourth-order valence-electron chi connectivity index (χ4n) is 1.43. The monoisotopic (exact) mass is 228 g/mol. The summed E-state index contributed by atoms with van der Waals surface area (Å²) in [6.07, 6.45) is 4.80. The number of carboxylic acids is 1. The average Bonchev–Trinajstić information content (AvgIpc) is 2.69. The molecule has 0 aliphatic rings. The van der Waals surface area contributed by atoms with Crippen LogP contribution in [0.5, 0.6) is 0 Å². The molecule has 3 N–H and O–H groups in total. The molecule has 0 fully saturated rings. The highest BCUT2D eigenvalue weighted by atomic mass is 32.1. The van der Waals surface area contributed by atoms with Crippen molar-refractivity contribution in [3.63, 3.8) is 0 Å². The Labute approximate surface area is 93.1 Å². The van der Waals surface area contributed by atoms with E-state index in [0.29, 0.717) is 19.4 Å². The van der Waals surface area contributed by atoms with Crippen LogP contribution < -0.4 is 5.73 Å². The van der Waals surface area contributed by atoms with Crippen molar-refractivity contribution in [3.8, 4) is 0 Å². The van der Waals surface area contributed by atoms with E-state index in [1.165, 1.54) is 11.3 Å². The first-order valence-corrected chi connectivity index (χ1v) is 5.92. The lowest BCUT2D eigenvalue weighted by atomic mass is 9.98. The molecular formula is C10H16N2O2S. The van der Waals surface area contributed by atoms with Gasteiger partial charge < -0.3 is 10.8 Å². The predicted octanol–water partition coefficient (Wildman–Crippen LogP) is 1.52. The molecule has 1 atom stereocenters. The Bertz CT molecular complexity index is 288. The SMILES string of the molecule is NCCCCC(Cc1cncs1)C(=O)O. The van der Waals surface area contributed by atoms with Crippen LogP contribution in [0.2, 0.25) is 0 Å². The van der Waals surface area contributed by atoms with Crippen LogP contribution in [-0.2, 0) is 11.2 Å². The zero-order chi connectivity index (χ0) is 11.1. The van der Waals surface area contributed by atoms with Crippen LogP contribution in [0.1, 0.15) is 24.1 Å². The van der Waals surface area contributed by atoms with Crippen molar-refractivity contribution in [1.29, 1.82) is 0 Å². The summed E-state index contributed by atoms with van der Waals surface area (Å²) < 4.78 is 0. The number of aromatic nitrogens is 1. The first-order valence-electron chi connectivity index (χ1n) is 5.04. The van der Waals surface area contributed by atoms with E-state index in [9.17, 15) is 4.79 Å². The highest BCUT2D eigenvalue weighted by molar-refractivity contribution is 7.09. The lowest BCUT2D eigenvalue weighted by molar-refractivity contribution is -0.141. The molecule has 0 amide bonds. The summed E-state index contributed by atoms with van der Waals surface area (Å²) in [7, 11) is 0. The van der Waals surface area contributed by atoms with Crippen molar-refractivity contribution in [1.82, 2.24) is 4.98 Å². The zero-order valence-electron chi connectivity index (χ0n) is 8.56. The van der Waals surface area contributed by atoms with Gasteiger partial charge in [-0.25, -0.2) is 0 Å². The van der Waals surface area contributed by atoms with Gasteiger partial charge in [0.1, 0.15) is 0 Å². The van der Waals surface area contributed by atoms with E-state index >= 15 is 0 Å². The summed E-state index contributed by atoms with van der Waals surface area (Å²) in [4.78, 5) is 15.9. The zero-order valence-corrected chi connectivity index (χ0v) is 9.37. The second-order valence-corrected chi connectivity index (χ2v) is 4.46. The van der Waals surface area contributed by atoms with E-state index in [1.807, 2.05) is 0 Å². The lowest BCUT2D eigenvalue weighted by Gasteiger charge is -2.09. The second-order valence-electron chi connectivity index (χ2n) is 3.49. The molecule has 1 rings (SSSR count). The van der Waals surface area contributed by atoms with Crippen LogP contribution in [0.15, 0.2) is 11.7 Å². The molecule has 5 heteroatoms. The molecule has 4 nitrogen and oxygen atoms in total. The van der Waals surface area contributed by atoms with Crippen molar-refractivity contribution in [2.45, 2.75) is 25.7 Å². The topological polar surface area (TPSA) is 76.2 Å². The molecule has 0 saturated carbocycles. The number of rotatable bonds is 7. The van der Waals surface area contributed by atoms with Crippen LogP contribution in [0.3, 0.4) is 0 Å². The van der Waals surface area contributed by atoms with Gasteiger partial charge in [-0.1, -0.05) is 6.42 Å². The van der Waals surface area contributed by atoms with Crippen molar-refractivity contribution < 1.29 is 9.90 Å². The standard InChI is InChI=1S/C10H16N2O2S/c11-4-2-1-3-8(10(13)14)5-9-6-12-7-15-9/h6-8H,1-5,11H2,(H,13,14). The third-order valence-electron chi connectivity index (χ3n) is 2.29. The Hall–Kier alpha value is -0.940. The molecule has 1 aromatic rings. The molecule has 0 saturated heterocycles. The van der Waals surface area contributed by atoms with Crippen LogP contribution in [0.4, 0.5) is 0 Å². The minimum atomic E-state index is -0.722. The largest absolute Gasteiger partial charge is 0.481 e. The van der Waals surface area contributed by atoms with Crippen LogP contribution in [0, 0.1) is 5.92 Å². The molecule has 0 spiro atoms. The fourth-order valence-corrected chi connectivity index (χ4v) is 2.11. The quantitative estimate of drug-likeness (QED) is 0.694. The van der Waals surface area contributed by atoms with E-state index in [0.717, 1.165) is 17.7 Å². The number of hydrogen-bond acceptors (Lipinski definition) is 4. The van der Waals surface area contributed by atoms with E-state index in [4.69, 9.17) is 10.8 Å². The van der Waals surface area contributed by atoms with Gasteiger partial charge in [0, 0.05) is 11.1 Å². The lowest BCUT2D eigenvalue weighted by Crippen LogP contribution is -2.16. The third-order valence-corrected chi connectivity index (χ3v) is 3.09. The number of carbonyl (C=O) groups is 1. The van der Waals surface area contributed by atoms with Gasteiger partial charge in [0.05, 0.1) is 11.4 Å². The Morgan fingerprint density at radius 3 is 2.93 bits per heavy atom. The highest BCUT2D eigenvalue weighted by Crippen LogP contribution is 2.17. The summed E-state index contributed by atoms with van der Waals surface area (Å²) in [6.45, 7) is 0.632. The number of nitrogens with zero attached hydrogens (tertiary/aromatic N) is 1. The first kappa shape index (κ1) is 12.1. The maximum Gasteiger partial charge on any atom is 0.306 e. The first-order chi connectivity index (χ1) is 7.24. The van der Waals surface area contributed by atoms with E-state index < -0.39 is 5.97 Å². The summed E-state index contributed by atoms with van der Waals surface area (Å²) in [6, 6.07) is 0. The third kappa shape index (κ3) is 4.40. The summed E-state index contributed by atoms with van der Waals surface area (Å²) in [5.74, 6) is -1.02. The van der Waals surface area contributed by atoms with Crippen molar-refractivity contribution in [2.24, 2.45) is 11.7 Å². The van der Waals surface area contributed by atoms with Gasteiger partial charge >= 0.3 is 5.97 Å². The highest BCUT2D eigenvalue weighted by Gasteiger charge is 2.17. The van der Waals surface area contributed by atoms with Crippen molar-refractivity contribution in [2.75, 3.05) is 6.54 Å². The Morgan fingerprint density at radius 2 is 2.40 bits per heavy atom. The summed E-state index contributed by atoms with van der Waals surface area (Å²) in [5.41, 5.74) is 7.10. The summed E-state index contributed by atoms with van der Waals surface area (Å²) >= 11 is 1.51. The van der Waals surface area contributed by atoms with E-state index in [1.54, 1.807) is 11.7 Å². The molecule has 0 aromatic carbocycles. The van der Waals surface area contributed by atoms with Gasteiger partial charge in [0.25, 0.3) is 0 Å². The molecule has 15 heavy (non-hydrogen) atoms. The van der Waals surface area contributed by atoms with Crippen LogP contribution in [-0.4, -0.2) is 22.6 Å². The number of carboxylic acid groups (broad SMARTS) is 1. The average molecular weight is 228 g/mol. The molecule has 0 bridgehead atoms. The molecule has 0 radical (unpaired) electrons. The van der Waals surface area contributed by atoms with Gasteiger partial charge in [-0.05, 0) is 25.8 Å². The second kappa shape index (κ2) is 6.53. The molecular weight excluding hydrogens is 212 g/mol. The Balaban J connectivity index is 2.40. The summed E-state index contributed by atoms with van der Waals surface area (Å²) in [5, 5.41) is 9.02. The maximum absolute atomic E-state index is 11.0. The van der Waals surface area contributed by atoms with E-state index in [2.05, 4.69) is 4.98 Å². The van der Waals surface area contributed by atoms with Gasteiger partial charge in [0.15, 0.2) is 0 Å². The van der Waals surface area contributed by atoms with Gasteiger partial charge in [0.2, 0.25) is 0 Å². The Kier molecular flexibility index (Phi) is 5.28. The number of unbranched alkanes of at least 4 members (excludes halogenated alkanes) is 1. The van der Waals surface area contributed by atoms with Crippen molar-refractivity contribution in [3.05, 3.63) is 16.6 Å². The van der Waals surface area contributed by atoms with Gasteiger partial charge in [-0.15, -0.1) is 11.3 Å². The number of aliphatic carboxylic acids is 1. The normalized spacial score (nSPS) is 12.6. The fraction of sp³-hybridized carbons (Fsp3) is 0.600. The number of thiazole rings is 1. The van der Waals surface area contributed by atoms with E-state index in [-0.39, 0.29) is 5.92 Å². The molecule has 1 unspecified atom stereocenters. The smallest absolute Gasteiger partial charge is 0.306 e. The molecule has 0 aliphatic carbocycles. The molecule has 84 valence electrons. The minimum absolute atomic E-state index is 0.294. The molecule has 0 aliphatic heterocycles. The number of hydrogen-bond donors (Lipinski definition) is 2. The van der Waals surface area contributed by atoms with Crippen LogP contribution in [0.25, 0.3) is 0 Å². The maximum atomic E-state index is 11.0. The van der Waals surface area contributed by atoms with Crippen molar-refractivity contribution >= 4 is 17.3 Å².